The van der Waals surface area contributed by atoms with Gasteiger partial charge in [0.25, 0.3) is 5.91 Å². The van der Waals surface area contributed by atoms with Crippen LogP contribution in [0, 0.1) is 0 Å². The number of benzene rings is 1. The van der Waals surface area contributed by atoms with E-state index >= 15 is 0 Å². The SMILES string of the molecule is CC(c1ccccn1)N1C(=O)c2ccccc2C1=NC(C)(C)C. The maximum Gasteiger partial charge on any atom is 0.260 e. The van der Waals surface area contributed by atoms with Crippen LogP contribution in [0.1, 0.15) is 55.4 Å². The van der Waals surface area contributed by atoms with Gasteiger partial charge in [-0.05, 0) is 45.9 Å². The van der Waals surface area contributed by atoms with Crippen LogP contribution < -0.4 is 0 Å². The third-order valence-electron chi connectivity index (χ3n) is 3.79. The summed E-state index contributed by atoms with van der Waals surface area (Å²) < 4.78 is 0. The number of rotatable bonds is 2. The van der Waals surface area contributed by atoms with Crippen molar-refractivity contribution < 1.29 is 4.79 Å². The van der Waals surface area contributed by atoms with Gasteiger partial charge in [-0.2, -0.15) is 0 Å². The molecule has 2 aromatic rings. The van der Waals surface area contributed by atoms with Crippen LogP contribution in [0.5, 0.6) is 0 Å². The van der Waals surface area contributed by atoms with E-state index in [1.165, 1.54) is 0 Å². The molecule has 3 rings (SSSR count). The third-order valence-corrected chi connectivity index (χ3v) is 3.79. The van der Waals surface area contributed by atoms with Crippen LogP contribution in [-0.2, 0) is 0 Å². The van der Waals surface area contributed by atoms with Gasteiger partial charge in [0.15, 0.2) is 0 Å². The van der Waals surface area contributed by atoms with Crippen molar-refractivity contribution in [2.24, 2.45) is 4.99 Å². The molecule has 0 N–H and O–H groups in total. The molecule has 1 atom stereocenters. The van der Waals surface area contributed by atoms with Gasteiger partial charge in [0, 0.05) is 11.8 Å². The smallest absolute Gasteiger partial charge is 0.260 e. The summed E-state index contributed by atoms with van der Waals surface area (Å²) in [5, 5.41) is 0. The zero-order chi connectivity index (χ0) is 16.6. The summed E-state index contributed by atoms with van der Waals surface area (Å²) in [6.45, 7) is 8.10. The van der Waals surface area contributed by atoms with E-state index in [1.54, 1.807) is 11.1 Å². The first-order valence-electron chi connectivity index (χ1n) is 7.82. The van der Waals surface area contributed by atoms with Gasteiger partial charge in [0.2, 0.25) is 0 Å². The molecule has 1 aliphatic rings. The highest BCUT2D eigenvalue weighted by molar-refractivity contribution is 6.23. The number of carbonyl (C=O) groups is 1. The Bertz CT molecular complexity index is 760. The Kier molecular flexibility index (Phi) is 3.76. The number of aliphatic imine (C=N–C) groups is 1. The molecule has 0 fully saturated rings. The highest BCUT2D eigenvalue weighted by Crippen LogP contribution is 2.32. The number of amidine groups is 1. The Morgan fingerprint density at radius 3 is 2.30 bits per heavy atom. The van der Waals surface area contributed by atoms with Crippen LogP contribution >= 0.6 is 0 Å². The Hall–Kier alpha value is -2.49. The lowest BCUT2D eigenvalue weighted by molar-refractivity contribution is 0.0821. The van der Waals surface area contributed by atoms with Crippen molar-refractivity contribution in [2.45, 2.75) is 39.3 Å². The second kappa shape index (κ2) is 5.61. The van der Waals surface area contributed by atoms with Gasteiger partial charge in [-0.25, -0.2) is 0 Å². The molecule has 1 aromatic carbocycles. The minimum absolute atomic E-state index is 0.0123. The molecule has 1 aromatic heterocycles. The summed E-state index contributed by atoms with van der Waals surface area (Å²) in [4.78, 5) is 23.9. The van der Waals surface area contributed by atoms with Gasteiger partial charge in [0.05, 0.1) is 22.8 Å². The quantitative estimate of drug-likeness (QED) is 0.846. The number of aromatic nitrogens is 1. The predicted molar refractivity (Wildman–Crippen MR) is 91.6 cm³/mol. The Labute approximate surface area is 136 Å². The van der Waals surface area contributed by atoms with Crippen LogP contribution in [-0.4, -0.2) is 27.2 Å². The number of amides is 1. The topological polar surface area (TPSA) is 45.6 Å². The van der Waals surface area contributed by atoms with Crippen molar-refractivity contribution in [3.05, 3.63) is 65.5 Å². The fraction of sp³-hybridized carbons (Fsp3) is 0.316. The molecule has 1 unspecified atom stereocenters. The van der Waals surface area contributed by atoms with Crippen molar-refractivity contribution in [3.63, 3.8) is 0 Å². The molecule has 118 valence electrons. The van der Waals surface area contributed by atoms with Crippen LogP contribution in [0.2, 0.25) is 0 Å². The normalized spacial score (nSPS) is 17.5. The Morgan fingerprint density at radius 2 is 1.70 bits per heavy atom. The minimum atomic E-state index is -0.269. The fourth-order valence-electron chi connectivity index (χ4n) is 2.77. The monoisotopic (exact) mass is 307 g/mol. The average molecular weight is 307 g/mol. The van der Waals surface area contributed by atoms with Gasteiger partial charge in [-0.15, -0.1) is 0 Å². The first-order chi connectivity index (χ1) is 10.9. The lowest BCUT2D eigenvalue weighted by Crippen LogP contribution is -2.35. The molecule has 0 bridgehead atoms. The second-order valence-corrected chi connectivity index (χ2v) is 6.76. The first-order valence-corrected chi connectivity index (χ1v) is 7.82. The summed E-state index contributed by atoms with van der Waals surface area (Å²) in [6, 6.07) is 13.2. The first kappa shape index (κ1) is 15.4. The number of fused-ring (bicyclic) bond motifs is 1. The number of hydrogen-bond donors (Lipinski definition) is 0. The maximum absolute atomic E-state index is 12.9. The molecular formula is C19H21N3O. The van der Waals surface area contributed by atoms with Gasteiger partial charge < -0.3 is 0 Å². The van der Waals surface area contributed by atoms with Gasteiger partial charge in [-0.3, -0.25) is 19.7 Å². The van der Waals surface area contributed by atoms with E-state index in [-0.39, 0.29) is 17.5 Å². The van der Waals surface area contributed by atoms with Crippen molar-refractivity contribution in [1.82, 2.24) is 9.88 Å². The average Bonchev–Trinajstić information content (AvgIpc) is 2.79. The second-order valence-electron chi connectivity index (χ2n) is 6.76. The lowest BCUT2D eigenvalue weighted by atomic mass is 10.1. The highest BCUT2D eigenvalue weighted by Gasteiger charge is 2.38. The lowest BCUT2D eigenvalue weighted by Gasteiger charge is -2.26. The van der Waals surface area contributed by atoms with Gasteiger partial charge in [-0.1, -0.05) is 24.3 Å². The molecule has 0 radical (unpaired) electrons. The summed E-state index contributed by atoms with van der Waals surface area (Å²) in [6.07, 6.45) is 1.75. The number of nitrogens with zero attached hydrogens (tertiary/aromatic N) is 3. The third kappa shape index (κ3) is 2.89. The van der Waals surface area contributed by atoms with Crippen molar-refractivity contribution >= 4 is 11.7 Å². The van der Waals surface area contributed by atoms with Crippen LogP contribution in [0.15, 0.2) is 53.7 Å². The van der Waals surface area contributed by atoms with Crippen LogP contribution in [0.4, 0.5) is 0 Å². The number of carbonyl (C=O) groups excluding carboxylic acids is 1. The van der Waals surface area contributed by atoms with Crippen LogP contribution in [0.3, 0.4) is 0 Å². The van der Waals surface area contributed by atoms with Crippen LogP contribution in [0.25, 0.3) is 0 Å². The summed E-state index contributed by atoms with van der Waals surface area (Å²) in [5.41, 5.74) is 2.19. The van der Waals surface area contributed by atoms with Crippen molar-refractivity contribution in [1.29, 1.82) is 0 Å². The number of pyridine rings is 1. The standard InChI is InChI=1S/C19H21N3O/c1-13(16-11-7-8-12-20-16)22-17(21-19(2,3)4)14-9-5-6-10-15(14)18(22)23/h5-13H,1-4H3. The van der Waals surface area contributed by atoms with E-state index in [0.29, 0.717) is 5.56 Å². The molecule has 23 heavy (non-hydrogen) atoms. The van der Waals surface area contributed by atoms with Gasteiger partial charge in [0.1, 0.15) is 5.84 Å². The minimum Gasteiger partial charge on any atom is -0.284 e. The molecule has 0 spiro atoms. The van der Waals surface area contributed by atoms with Gasteiger partial charge >= 0.3 is 0 Å². The molecule has 0 aliphatic carbocycles. The van der Waals surface area contributed by atoms with E-state index in [9.17, 15) is 4.79 Å². The van der Waals surface area contributed by atoms with E-state index in [2.05, 4.69) is 4.98 Å². The van der Waals surface area contributed by atoms with E-state index in [1.807, 2.05) is 70.2 Å². The molecule has 1 aliphatic heterocycles. The zero-order valence-corrected chi connectivity index (χ0v) is 13.9. The summed E-state index contributed by atoms with van der Waals surface area (Å²) >= 11 is 0. The molecular weight excluding hydrogens is 286 g/mol. The molecule has 4 nitrogen and oxygen atoms in total. The Morgan fingerprint density at radius 1 is 1.04 bits per heavy atom. The molecule has 0 saturated heterocycles. The number of hydrogen-bond acceptors (Lipinski definition) is 3. The molecule has 2 heterocycles. The summed E-state index contributed by atoms with van der Waals surface area (Å²) in [5.74, 6) is 0.720. The zero-order valence-electron chi connectivity index (χ0n) is 13.9. The van der Waals surface area contributed by atoms with Crippen molar-refractivity contribution in [3.8, 4) is 0 Å². The molecule has 1 amide bonds. The van der Waals surface area contributed by atoms with E-state index < -0.39 is 0 Å². The maximum atomic E-state index is 12.9. The Balaban J connectivity index is 2.12. The predicted octanol–water partition coefficient (Wildman–Crippen LogP) is 3.84. The summed E-state index contributed by atoms with van der Waals surface area (Å²) in [7, 11) is 0. The van der Waals surface area contributed by atoms with E-state index in [0.717, 1.165) is 17.1 Å². The van der Waals surface area contributed by atoms with Crippen molar-refractivity contribution in [2.75, 3.05) is 0 Å². The molecule has 0 saturated carbocycles. The fourth-order valence-corrected chi connectivity index (χ4v) is 2.77. The van der Waals surface area contributed by atoms with E-state index in [4.69, 9.17) is 4.99 Å². The highest BCUT2D eigenvalue weighted by atomic mass is 16.2. The largest absolute Gasteiger partial charge is 0.284 e. The molecule has 4 heteroatoms.